The topological polar surface area (TPSA) is 25.8 Å². The Morgan fingerprint density at radius 3 is 2.91 bits per heavy atom. The first-order chi connectivity index (χ1) is 5.40. The summed E-state index contributed by atoms with van der Waals surface area (Å²) in [6.07, 6.45) is 1.06. The zero-order valence-electron chi connectivity index (χ0n) is 6.24. The van der Waals surface area contributed by atoms with Crippen molar-refractivity contribution in [2.24, 2.45) is 0 Å². The molecule has 56 valence electrons. The number of nitrogens with zero attached hydrogens (tertiary/aromatic N) is 2. The number of fused-ring (bicyclic) bond motifs is 1. The average molecular weight is 164 g/mol. The van der Waals surface area contributed by atoms with Crippen LogP contribution in [0.3, 0.4) is 0 Å². The van der Waals surface area contributed by atoms with Gasteiger partial charge in [0.2, 0.25) is 0 Å². The fraction of sp³-hybridized carbons (Fsp3) is 0.250. The van der Waals surface area contributed by atoms with Crippen molar-refractivity contribution in [2.45, 2.75) is 13.3 Å². The monoisotopic (exact) mass is 164 g/mol. The Kier molecular flexibility index (Phi) is 1.58. The third-order valence-corrected chi connectivity index (χ3v) is 2.28. The fourth-order valence-electron chi connectivity index (χ4n) is 1.05. The van der Waals surface area contributed by atoms with Crippen LogP contribution in [0.15, 0.2) is 18.2 Å². The Labute approximate surface area is 69.2 Å². The van der Waals surface area contributed by atoms with E-state index in [0.29, 0.717) is 0 Å². The average Bonchev–Trinajstić information content (AvgIpc) is 2.50. The predicted octanol–water partition coefficient (Wildman–Crippen LogP) is 2.25. The SMILES string of the molecule is CCc1ccc2nsnc2c1. The van der Waals surface area contributed by atoms with Crippen LogP contribution in [0.5, 0.6) is 0 Å². The number of benzene rings is 1. The summed E-state index contributed by atoms with van der Waals surface area (Å²) in [5, 5.41) is 0. The molecule has 0 amide bonds. The van der Waals surface area contributed by atoms with Gasteiger partial charge in [-0.15, -0.1) is 0 Å². The van der Waals surface area contributed by atoms with E-state index in [1.807, 2.05) is 6.07 Å². The molecular weight excluding hydrogens is 156 g/mol. The van der Waals surface area contributed by atoms with Gasteiger partial charge in [0.05, 0.1) is 11.7 Å². The van der Waals surface area contributed by atoms with Crippen LogP contribution in [0.4, 0.5) is 0 Å². The van der Waals surface area contributed by atoms with Gasteiger partial charge in [-0.2, -0.15) is 8.75 Å². The quantitative estimate of drug-likeness (QED) is 0.646. The van der Waals surface area contributed by atoms with Crippen LogP contribution in [0.25, 0.3) is 11.0 Å². The Balaban J connectivity index is 2.67. The van der Waals surface area contributed by atoms with E-state index >= 15 is 0 Å². The summed E-state index contributed by atoms with van der Waals surface area (Å²) >= 11 is 1.27. The van der Waals surface area contributed by atoms with E-state index < -0.39 is 0 Å². The van der Waals surface area contributed by atoms with Crippen LogP contribution in [-0.2, 0) is 6.42 Å². The lowest BCUT2D eigenvalue weighted by Crippen LogP contribution is -1.78. The predicted molar refractivity (Wildman–Crippen MR) is 46.8 cm³/mol. The van der Waals surface area contributed by atoms with E-state index in [1.54, 1.807) is 0 Å². The Hall–Kier alpha value is -0.960. The summed E-state index contributed by atoms with van der Waals surface area (Å²) in [6.45, 7) is 2.14. The Morgan fingerprint density at radius 1 is 1.27 bits per heavy atom. The second-order valence-electron chi connectivity index (χ2n) is 2.44. The van der Waals surface area contributed by atoms with Crippen LogP contribution in [0.1, 0.15) is 12.5 Å². The Morgan fingerprint density at radius 2 is 2.09 bits per heavy atom. The van der Waals surface area contributed by atoms with Crippen LogP contribution in [0, 0.1) is 0 Å². The lowest BCUT2D eigenvalue weighted by molar-refractivity contribution is 1.14. The molecule has 0 aliphatic rings. The zero-order chi connectivity index (χ0) is 7.68. The number of aryl methyl sites for hydroxylation is 1. The van der Waals surface area contributed by atoms with E-state index in [-0.39, 0.29) is 0 Å². The van der Waals surface area contributed by atoms with E-state index in [9.17, 15) is 0 Å². The lowest BCUT2D eigenvalue weighted by Gasteiger charge is -1.92. The first-order valence-electron chi connectivity index (χ1n) is 3.61. The standard InChI is InChI=1S/C8H8N2S/c1-2-6-3-4-7-8(5-6)10-11-9-7/h3-5H,2H2,1H3. The molecule has 1 heterocycles. The molecule has 2 rings (SSSR count). The molecule has 0 saturated heterocycles. The molecule has 1 aromatic heterocycles. The minimum Gasteiger partial charge on any atom is -0.173 e. The summed E-state index contributed by atoms with van der Waals surface area (Å²) < 4.78 is 8.28. The van der Waals surface area contributed by atoms with Gasteiger partial charge in [0.25, 0.3) is 0 Å². The number of rotatable bonds is 1. The van der Waals surface area contributed by atoms with E-state index in [1.165, 1.54) is 17.3 Å². The van der Waals surface area contributed by atoms with E-state index in [2.05, 4.69) is 27.8 Å². The van der Waals surface area contributed by atoms with Gasteiger partial charge in [0.1, 0.15) is 11.0 Å². The molecule has 0 N–H and O–H groups in total. The summed E-state index contributed by atoms with van der Waals surface area (Å²) in [5.74, 6) is 0. The Bertz CT molecular complexity index is 367. The number of hydrogen-bond donors (Lipinski definition) is 0. The van der Waals surface area contributed by atoms with Crippen LogP contribution < -0.4 is 0 Å². The third-order valence-electron chi connectivity index (χ3n) is 1.73. The highest BCUT2D eigenvalue weighted by atomic mass is 32.1. The molecule has 2 aromatic rings. The van der Waals surface area contributed by atoms with Crippen molar-refractivity contribution in [2.75, 3.05) is 0 Å². The number of hydrogen-bond acceptors (Lipinski definition) is 3. The maximum atomic E-state index is 4.16. The zero-order valence-corrected chi connectivity index (χ0v) is 7.06. The molecule has 0 spiro atoms. The molecule has 3 heteroatoms. The fourth-order valence-corrected chi connectivity index (χ4v) is 1.56. The molecule has 0 aliphatic carbocycles. The molecule has 0 atom stereocenters. The maximum absolute atomic E-state index is 4.16. The van der Waals surface area contributed by atoms with Gasteiger partial charge in [0, 0.05) is 0 Å². The molecule has 2 nitrogen and oxygen atoms in total. The van der Waals surface area contributed by atoms with Crippen molar-refractivity contribution in [1.29, 1.82) is 0 Å². The minimum atomic E-state index is 1.01. The van der Waals surface area contributed by atoms with Crippen molar-refractivity contribution in [3.8, 4) is 0 Å². The van der Waals surface area contributed by atoms with Gasteiger partial charge >= 0.3 is 0 Å². The lowest BCUT2D eigenvalue weighted by atomic mass is 10.1. The molecule has 0 radical (unpaired) electrons. The van der Waals surface area contributed by atoms with Gasteiger partial charge in [-0.1, -0.05) is 13.0 Å². The minimum absolute atomic E-state index is 1.01. The maximum Gasteiger partial charge on any atom is 0.105 e. The molecule has 0 aliphatic heterocycles. The number of aromatic nitrogens is 2. The van der Waals surface area contributed by atoms with Crippen molar-refractivity contribution < 1.29 is 0 Å². The molecule has 1 aromatic carbocycles. The van der Waals surface area contributed by atoms with Gasteiger partial charge in [-0.05, 0) is 24.1 Å². The highest BCUT2D eigenvalue weighted by Crippen LogP contribution is 2.13. The first-order valence-corrected chi connectivity index (χ1v) is 4.34. The molecule has 11 heavy (non-hydrogen) atoms. The highest BCUT2D eigenvalue weighted by molar-refractivity contribution is 7.00. The molecule has 0 fully saturated rings. The first kappa shape index (κ1) is 6.73. The largest absolute Gasteiger partial charge is 0.173 e. The molecule has 0 unspecified atom stereocenters. The van der Waals surface area contributed by atoms with Crippen molar-refractivity contribution >= 4 is 22.8 Å². The van der Waals surface area contributed by atoms with Crippen LogP contribution >= 0.6 is 11.7 Å². The van der Waals surface area contributed by atoms with Gasteiger partial charge in [-0.25, -0.2) is 0 Å². The van der Waals surface area contributed by atoms with Gasteiger partial charge in [0.15, 0.2) is 0 Å². The van der Waals surface area contributed by atoms with Gasteiger partial charge < -0.3 is 0 Å². The van der Waals surface area contributed by atoms with Crippen molar-refractivity contribution in [3.63, 3.8) is 0 Å². The highest BCUT2D eigenvalue weighted by Gasteiger charge is 1.97. The summed E-state index contributed by atoms with van der Waals surface area (Å²) in [7, 11) is 0. The normalized spacial score (nSPS) is 10.6. The molecule has 0 saturated carbocycles. The summed E-state index contributed by atoms with van der Waals surface area (Å²) in [6, 6.07) is 6.22. The molecular formula is C8H8N2S. The second kappa shape index (κ2) is 2.58. The van der Waals surface area contributed by atoms with Crippen molar-refractivity contribution in [1.82, 2.24) is 8.75 Å². The van der Waals surface area contributed by atoms with E-state index in [4.69, 9.17) is 0 Å². The summed E-state index contributed by atoms with van der Waals surface area (Å²) in [5.41, 5.74) is 3.35. The third kappa shape index (κ3) is 1.12. The van der Waals surface area contributed by atoms with Crippen LogP contribution in [0.2, 0.25) is 0 Å². The van der Waals surface area contributed by atoms with Crippen LogP contribution in [-0.4, -0.2) is 8.75 Å². The van der Waals surface area contributed by atoms with E-state index in [0.717, 1.165) is 17.5 Å². The summed E-state index contributed by atoms with van der Waals surface area (Å²) in [4.78, 5) is 0. The second-order valence-corrected chi connectivity index (χ2v) is 2.97. The van der Waals surface area contributed by atoms with Gasteiger partial charge in [-0.3, -0.25) is 0 Å². The molecule has 0 bridgehead atoms. The van der Waals surface area contributed by atoms with Crippen molar-refractivity contribution in [3.05, 3.63) is 23.8 Å². The smallest absolute Gasteiger partial charge is 0.105 e.